The normalized spacial score (nSPS) is 20.6. The lowest BCUT2D eigenvalue weighted by molar-refractivity contribution is -0.147. The number of carbonyl (C=O) groups is 2. The maximum atomic E-state index is 12.4. The summed E-state index contributed by atoms with van der Waals surface area (Å²) in [6.45, 7) is 6.11. The molecule has 0 heterocycles. The number of ether oxygens (including phenoxy) is 1. The molecule has 1 amide bonds. The highest BCUT2D eigenvalue weighted by Gasteiger charge is 2.35. The van der Waals surface area contributed by atoms with Crippen LogP contribution in [-0.2, 0) is 9.59 Å². The summed E-state index contributed by atoms with van der Waals surface area (Å²) in [5, 5.41) is 12.1. The van der Waals surface area contributed by atoms with Gasteiger partial charge in [-0.25, -0.2) is 0 Å². The van der Waals surface area contributed by atoms with E-state index in [4.69, 9.17) is 4.74 Å². The van der Waals surface area contributed by atoms with Crippen molar-refractivity contribution in [1.29, 1.82) is 0 Å². The minimum absolute atomic E-state index is 0.215. The average molecular weight is 317 g/mol. The van der Waals surface area contributed by atoms with E-state index < -0.39 is 17.8 Å². The van der Waals surface area contributed by atoms with E-state index in [0.717, 1.165) is 18.4 Å². The molecule has 1 aliphatic carbocycles. The highest BCUT2D eigenvalue weighted by molar-refractivity contribution is 5.95. The molecule has 0 radical (unpaired) electrons. The van der Waals surface area contributed by atoms with Crippen LogP contribution in [0.1, 0.15) is 32.6 Å². The van der Waals surface area contributed by atoms with Crippen LogP contribution >= 0.6 is 0 Å². The summed E-state index contributed by atoms with van der Waals surface area (Å²) in [5.74, 6) is -1.43. The Balaban J connectivity index is 1.96. The first-order chi connectivity index (χ1) is 11.0. The number of nitrogens with one attached hydrogen (secondary N) is 1. The maximum absolute atomic E-state index is 12.4. The SMILES string of the molecule is C=C(C)COc1ccc(NC(=O)C2CCCCC2C(=O)O)cc1. The average Bonchev–Trinajstić information content (AvgIpc) is 2.54. The number of carboxylic acids is 1. The molecule has 124 valence electrons. The first-order valence-corrected chi connectivity index (χ1v) is 7.88. The van der Waals surface area contributed by atoms with Crippen LogP contribution in [0.25, 0.3) is 0 Å². The Labute approximate surface area is 136 Å². The Hall–Kier alpha value is -2.30. The minimum atomic E-state index is -0.881. The maximum Gasteiger partial charge on any atom is 0.307 e. The Kier molecular flexibility index (Phi) is 5.79. The Morgan fingerprint density at radius 3 is 2.39 bits per heavy atom. The van der Waals surface area contributed by atoms with E-state index in [1.807, 2.05) is 6.92 Å². The monoisotopic (exact) mass is 317 g/mol. The second-order valence-electron chi connectivity index (χ2n) is 6.10. The lowest BCUT2D eigenvalue weighted by Crippen LogP contribution is -2.36. The van der Waals surface area contributed by atoms with Crippen molar-refractivity contribution in [3.63, 3.8) is 0 Å². The van der Waals surface area contributed by atoms with Gasteiger partial charge in [0.15, 0.2) is 0 Å². The fourth-order valence-electron chi connectivity index (χ4n) is 2.82. The van der Waals surface area contributed by atoms with Gasteiger partial charge in [-0.2, -0.15) is 0 Å². The van der Waals surface area contributed by atoms with Crippen molar-refractivity contribution in [2.45, 2.75) is 32.6 Å². The van der Waals surface area contributed by atoms with Crippen LogP contribution in [0.2, 0.25) is 0 Å². The first kappa shape index (κ1) is 17.1. The zero-order valence-electron chi connectivity index (χ0n) is 13.4. The van der Waals surface area contributed by atoms with E-state index in [9.17, 15) is 14.7 Å². The third-order valence-electron chi connectivity index (χ3n) is 4.03. The molecule has 0 saturated heterocycles. The summed E-state index contributed by atoms with van der Waals surface area (Å²) < 4.78 is 5.50. The van der Waals surface area contributed by atoms with E-state index in [1.165, 1.54) is 0 Å². The number of hydrogen-bond donors (Lipinski definition) is 2. The van der Waals surface area contributed by atoms with Crippen molar-refractivity contribution in [1.82, 2.24) is 0 Å². The molecule has 0 aliphatic heterocycles. The number of carboxylic acid groups (broad SMARTS) is 1. The van der Waals surface area contributed by atoms with Crippen molar-refractivity contribution < 1.29 is 19.4 Å². The predicted octanol–water partition coefficient (Wildman–Crippen LogP) is 3.47. The van der Waals surface area contributed by atoms with Crippen molar-refractivity contribution >= 4 is 17.6 Å². The molecule has 1 fully saturated rings. The van der Waals surface area contributed by atoms with Crippen molar-refractivity contribution in [2.24, 2.45) is 11.8 Å². The van der Waals surface area contributed by atoms with E-state index in [1.54, 1.807) is 24.3 Å². The second-order valence-corrected chi connectivity index (χ2v) is 6.10. The summed E-state index contributed by atoms with van der Waals surface area (Å²) in [7, 11) is 0. The van der Waals surface area contributed by atoms with Crippen LogP contribution in [0.4, 0.5) is 5.69 Å². The lowest BCUT2D eigenvalue weighted by Gasteiger charge is -2.27. The Bertz CT molecular complexity index is 579. The molecule has 0 spiro atoms. The molecule has 1 aromatic rings. The third kappa shape index (κ3) is 4.84. The summed E-state index contributed by atoms with van der Waals surface area (Å²) in [6, 6.07) is 7.05. The fraction of sp³-hybridized carbons (Fsp3) is 0.444. The number of carbonyl (C=O) groups excluding carboxylic acids is 1. The van der Waals surface area contributed by atoms with Gasteiger partial charge in [-0.05, 0) is 49.6 Å². The Morgan fingerprint density at radius 2 is 1.83 bits per heavy atom. The quantitative estimate of drug-likeness (QED) is 0.788. The predicted molar refractivity (Wildman–Crippen MR) is 88.5 cm³/mol. The van der Waals surface area contributed by atoms with Gasteiger partial charge in [0.25, 0.3) is 0 Å². The molecule has 23 heavy (non-hydrogen) atoms. The lowest BCUT2D eigenvalue weighted by atomic mass is 9.78. The highest BCUT2D eigenvalue weighted by Crippen LogP contribution is 2.31. The van der Waals surface area contributed by atoms with E-state index in [-0.39, 0.29) is 5.91 Å². The molecule has 1 saturated carbocycles. The highest BCUT2D eigenvalue weighted by atomic mass is 16.5. The second kappa shape index (κ2) is 7.81. The molecular weight excluding hydrogens is 294 g/mol. The van der Waals surface area contributed by atoms with E-state index >= 15 is 0 Å². The largest absolute Gasteiger partial charge is 0.489 e. The molecule has 1 aliphatic rings. The molecule has 2 N–H and O–H groups in total. The van der Waals surface area contributed by atoms with Crippen molar-refractivity contribution in [2.75, 3.05) is 11.9 Å². The number of benzene rings is 1. The van der Waals surface area contributed by atoms with Gasteiger partial charge in [0, 0.05) is 5.69 Å². The van der Waals surface area contributed by atoms with Gasteiger partial charge in [-0.1, -0.05) is 19.4 Å². The van der Waals surface area contributed by atoms with Crippen molar-refractivity contribution in [3.8, 4) is 5.75 Å². The first-order valence-electron chi connectivity index (χ1n) is 7.88. The van der Waals surface area contributed by atoms with Gasteiger partial charge >= 0.3 is 5.97 Å². The molecule has 5 heteroatoms. The number of rotatable bonds is 6. The number of aliphatic carboxylic acids is 1. The number of amides is 1. The number of anilines is 1. The van der Waals surface area contributed by atoms with Crippen molar-refractivity contribution in [3.05, 3.63) is 36.4 Å². The molecule has 2 atom stereocenters. The van der Waals surface area contributed by atoms with Gasteiger partial charge in [0.05, 0.1) is 11.8 Å². The van der Waals surface area contributed by atoms with Gasteiger partial charge in [-0.15, -0.1) is 0 Å². The smallest absolute Gasteiger partial charge is 0.307 e. The van der Waals surface area contributed by atoms with Crippen LogP contribution < -0.4 is 10.1 Å². The molecular formula is C18H23NO4. The third-order valence-corrected chi connectivity index (χ3v) is 4.03. The summed E-state index contributed by atoms with van der Waals surface area (Å²) in [6.07, 6.45) is 2.97. The molecule has 2 rings (SSSR count). The fourth-order valence-corrected chi connectivity index (χ4v) is 2.82. The van der Waals surface area contributed by atoms with Crippen LogP contribution in [0.3, 0.4) is 0 Å². The summed E-state index contributed by atoms with van der Waals surface area (Å²) >= 11 is 0. The molecule has 5 nitrogen and oxygen atoms in total. The minimum Gasteiger partial charge on any atom is -0.489 e. The van der Waals surface area contributed by atoms with Crippen LogP contribution in [0, 0.1) is 11.8 Å². The van der Waals surface area contributed by atoms with Gasteiger partial charge in [0.2, 0.25) is 5.91 Å². The van der Waals surface area contributed by atoms with Gasteiger partial charge in [-0.3, -0.25) is 9.59 Å². The zero-order valence-corrected chi connectivity index (χ0v) is 13.4. The molecule has 0 aromatic heterocycles. The van der Waals surface area contributed by atoms with Gasteiger partial charge in [0.1, 0.15) is 12.4 Å². The van der Waals surface area contributed by atoms with Crippen LogP contribution in [0.15, 0.2) is 36.4 Å². The molecule has 2 unspecified atom stereocenters. The topological polar surface area (TPSA) is 75.6 Å². The molecule has 0 bridgehead atoms. The van der Waals surface area contributed by atoms with E-state index in [2.05, 4.69) is 11.9 Å². The van der Waals surface area contributed by atoms with E-state index in [0.29, 0.717) is 30.9 Å². The summed E-state index contributed by atoms with van der Waals surface area (Å²) in [4.78, 5) is 23.7. The van der Waals surface area contributed by atoms with Gasteiger partial charge < -0.3 is 15.2 Å². The van der Waals surface area contributed by atoms with Crippen LogP contribution in [0.5, 0.6) is 5.75 Å². The number of hydrogen-bond acceptors (Lipinski definition) is 3. The summed E-state index contributed by atoms with van der Waals surface area (Å²) in [5.41, 5.74) is 1.58. The Morgan fingerprint density at radius 1 is 1.22 bits per heavy atom. The molecule has 1 aromatic carbocycles. The van der Waals surface area contributed by atoms with Crippen LogP contribution in [-0.4, -0.2) is 23.6 Å². The standard InChI is InChI=1S/C18H23NO4/c1-12(2)11-23-14-9-7-13(8-10-14)19-17(20)15-5-3-4-6-16(15)18(21)22/h7-10,15-16H,1,3-6,11H2,2H3,(H,19,20)(H,21,22). The zero-order chi connectivity index (χ0) is 16.8.